The summed E-state index contributed by atoms with van der Waals surface area (Å²) in [6.07, 6.45) is 0. The monoisotopic (exact) mass is 404 g/mol. The molecule has 0 bridgehead atoms. The molecule has 0 saturated heterocycles. The molecule has 0 aromatic heterocycles. The number of nitrogens with one attached hydrogen (secondary N) is 2. The van der Waals surface area contributed by atoms with E-state index in [4.69, 9.17) is 33.3 Å². The van der Waals surface area contributed by atoms with Gasteiger partial charge < -0.3 is 20.1 Å². The predicted octanol–water partition coefficient (Wildman–Crippen LogP) is 5.48. The van der Waals surface area contributed by atoms with Crippen LogP contribution in [0.4, 0.5) is 20.2 Å². The molecule has 0 radical (unpaired) electrons. The number of halogens is 3. The van der Waals surface area contributed by atoms with Crippen LogP contribution in [0, 0.1) is 0 Å². The van der Waals surface area contributed by atoms with E-state index >= 15 is 0 Å². The van der Waals surface area contributed by atoms with E-state index in [0.29, 0.717) is 49.7 Å². The molecule has 0 saturated carbocycles. The predicted molar refractivity (Wildman–Crippen MR) is 103 cm³/mol. The van der Waals surface area contributed by atoms with Crippen molar-refractivity contribution in [1.82, 2.24) is 0 Å². The zero-order valence-corrected chi connectivity index (χ0v) is 15.7. The molecule has 0 unspecified atom stereocenters. The van der Waals surface area contributed by atoms with Crippen molar-refractivity contribution in [2.75, 3.05) is 24.9 Å². The van der Waals surface area contributed by atoms with Crippen LogP contribution in [0.3, 0.4) is 0 Å². The van der Waals surface area contributed by atoms with Crippen molar-refractivity contribution in [3.05, 3.63) is 41.4 Å². The van der Waals surface area contributed by atoms with Crippen LogP contribution in [0.2, 0.25) is 5.02 Å². The van der Waals surface area contributed by atoms with Crippen molar-refractivity contribution in [1.29, 1.82) is 0 Å². The first kappa shape index (κ1) is 19.6. The molecular weight excluding hydrogens is 390 g/mol. The van der Waals surface area contributed by atoms with Gasteiger partial charge in [0.25, 0.3) is 5.76 Å². The molecule has 25 heavy (non-hydrogen) atoms. The highest BCUT2D eigenvalue weighted by molar-refractivity contribution is 7.99. The Hall–Kier alpha value is -1.77. The maximum Gasteiger partial charge on any atom is 0.288 e. The standard InChI is InChI=1S/C16H15ClF2N2O2S2/c1-22-13-8-14(23-2)12(7-11(13)17)21-16(24)20-9-3-5-10(6-4-9)25-15(18)19/h3-8,15H,1-2H3,(H2,20,21,24). The maximum atomic E-state index is 12.3. The van der Waals surface area contributed by atoms with Crippen LogP contribution in [0.15, 0.2) is 41.3 Å². The molecule has 134 valence electrons. The Morgan fingerprint density at radius 2 is 1.72 bits per heavy atom. The lowest BCUT2D eigenvalue weighted by Crippen LogP contribution is -2.19. The van der Waals surface area contributed by atoms with Crippen LogP contribution in [-0.2, 0) is 0 Å². The molecule has 2 rings (SSSR count). The normalized spacial score (nSPS) is 10.5. The van der Waals surface area contributed by atoms with Gasteiger partial charge in [-0.3, -0.25) is 0 Å². The van der Waals surface area contributed by atoms with Gasteiger partial charge in [-0.05, 0) is 42.5 Å². The van der Waals surface area contributed by atoms with Crippen LogP contribution < -0.4 is 20.1 Å². The molecule has 2 aromatic rings. The summed E-state index contributed by atoms with van der Waals surface area (Å²) in [6, 6.07) is 9.78. The van der Waals surface area contributed by atoms with Gasteiger partial charge in [0.1, 0.15) is 11.5 Å². The number of anilines is 2. The zero-order valence-electron chi connectivity index (χ0n) is 13.3. The molecule has 0 amide bonds. The summed E-state index contributed by atoms with van der Waals surface area (Å²) in [4.78, 5) is 0.475. The number of alkyl halides is 2. The van der Waals surface area contributed by atoms with Crippen LogP contribution in [0.5, 0.6) is 11.5 Å². The van der Waals surface area contributed by atoms with Gasteiger partial charge in [0, 0.05) is 16.6 Å². The maximum absolute atomic E-state index is 12.3. The van der Waals surface area contributed by atoms with Gasteiger partial charge in [0.15, 0.2) is 5.11 Å². The minimum Gasteiger partial charge on any atom is -0.495 e. The summed E-state index contributed by atoms with van der Waals surface area (Å²) < 4.78 is 35.1. The smallest absolute Gasteiger partial charge is 0.288 e. The average molecular weight is 405 g/mol. The third-order valence-electron chi connectivity index (χ3n) is 3.06. The van der Waals surface area contributed by atoms with Crippen molar-refractivity contribution < 1.29 is 18.3 Å². The Labute approximate surface area is 158 Å². The van der Waals surface area contributed by atoms with Gasteiger partial charge >= 0.3 is 0 Å². The molecule has 0 heterocycles. The molecule has 0 aliphatic heterocycles. The first-order valence-electron chi connectivity index (χ1n) is 6.97. The van der Waals surface area contributed by atoms with Crippen molar-refractivity contribution in [3.8, 4) is 11.5 Å². The highest BCUT2D eigenvalue weighted by Crippen LogP contribution is 2.36. The molecular formula is C16H15ClF2N2O2S2. The van der Waals surface area contributed by atoms with E-state index in [1.807, 2.05) is 0 Å². The van der Waals surface area contributed by atoms with Crippen LogP contribution in [0.1, 0.15) is 0 Å². The number of thioether (sulfide) groups is 1. The average Bonchev–Trinajstić information content (AvgIpc) is 2.56. The van der Waals surface area contributed by atoms with Crippen molar-refractivity contribution in [2.45, 2.75) is 10.7 Å². The Balaban J connectivity index is 2.06. The first-order valence-corrected chi connectivity index (χ1v) is 8.64. The minimum absolute atomic E-state index is 0.300. The molecule has 0 fully saturated rings. The molecule has 0 aliphatic carbocycles. The summed E-state index contributed by atoms with van der Waals surface area (Å²) in [7, 11) is 3.03. The minimum atomic E-state index is -2.45. The van der Waals surface area contributed by atoms with E-state index in [2.05, 4.69) is 10.6 Å². The Morgan fingerprint density at radius 1 is 1.08 bits per heavy atom. The number of methoxy groups -OCH3 is 2. The SMILES string of the molecule is COc1cc(OC)c(NC(=S)Nc2ccc(SC(F)F)cc2)cc1Cl. The fourth-order valence-electron chi connectivity index (χ4n) is 1.96. The second kappa shape index (κ2) is 9.07. The molecule has 2 aromatic carbocycles. The van der Waals surface area contributed by atoms with Gasteiger partial charge in [-0.2, -0.15) is 8.78 Å². The first-order chi connectivity index (χ1) is 11.9. The van der Waals surface area contributed by atoms with E-state index in [1.165, 1.54) is 14.2 Å². The Bertz CT molecular complexity index is 746. The third-order valence-corrected chi connectivity index (χ3v) is 4.28. The van der Waals surface area contributed by atoms with Crippen molar-refractivity contribution in [2.24, 2.45) is 0 Å². The van der Waals surface area contributed by atoms with E-state index in [-0.39, 0.29) is 0 Å². The summed E-state index contributed by atoms with van der Waals surface area (Å²) in [6.45, 7) is 0. The molecule has 0 atom stereocenters. The number of ether oxygens (including phenoxy) is 2. The van der Waals surface area contributed by atoms with Crippen LogP contribution in [0.25, 0.3) is 0 Å². The van der Waals surface area contributed by atoms with Crippen molar-refractivity contribution in [3.63, 3.8) is 0 Å². The summed E-state index contributed by atoms with van der Waals surface area (Å²) >= 11 is 11.9. The largest absolute Gasteiger partial charge is 0.495 e. The lowest BCUT2D eigenvalue weighted by Gasteiger charge is -2.15. The number of hydrogen-bond acceptors (Lipinski definition) is 4. The lowest BCUT2D eigenvalue weighted by molar-refractivity contribution is 0.252. The number of rotatable bonds is 6. The highest BCUT2D eigenvalue weighted by Gasteiger charge is 2.11. The summed E-state index contributed by atoms with van der Waals surface area (Å²) in [5.41, 5.74) is 1.23. The molecule has 4 nitrogen and oxygen atoms in total. The number of thiocarbonyl (C=S) groups is 1. The van der Waals surface area contributed by atoms with Gasteiger partial charge in [0.05, 0.1) is 24.9 Å². The van der Waals surface area contributed by atoms with Gasteiger partial charge in [-0.25, -0.2) is 0 Å². The fourth-order valence-corrected chi connectivity index (χ4v) is 2.93. The van der Waals surface area contributed by atoms with Gasteiger partial charge in [-0.1, -0.05) is 23.4 Å². The molecule has 0 aliphatic rings. The third kappa shape index (κ3) is 5.62. The van der Waals surface area contributed by atoms with E-state index in [9.17, 15) is 8.78 Å². The summed E-state index contributed by atoms with van der Waals surface area (Å²) in [5, 5.41) is 6.65. The van der Waals surface area contributed by atoms with E-state index in [1.54, 1.807) is 36.4 Å². The topological polar surface area (TPSA) is 42.5 Å². The quantitative estimate of drug-likeness (QED) is 0.491. The van der Waals surface area contributed by atoms with E-state index < -0.39 is 5.76 Å². The molecule has 9 heteroatoms. The number of hydrogen-bond donors (Lipinski definition) is 2. The summed E-state index contributed by atoms with van der Waals surface area (Å²) in [5.74, 6) is -1.46. The van der Waals surface area contributed by atoms with Crippen molar-refractivity contribution >= 4 is 52.1 Å². The van der Waals surface area contributed by atoms with Gasteiger partial charge in [-0.15, -0.1) is 0 Å². The number of benzene rings is 2. The van der Waals surface area contributed by atoms with E-state index in [0.717, 1.165) is 0 Å². The Morgan fingerprint density at radius 3 is 2.28 bits per heavy atom. The van der Waals surface area contributed by atoms with Crippen LogP contribution in [-0.4, -0.2) is 25.1 Å². The second-order valence-electron chi connectivity index (χ2n) is 4.67. The zero-order chi connectivity index (χ0) is 18.4. The molecule has 0 spiro atoms. The second-order valence-corrected chi connectivity index (χ2v) is 6.55. The highest BCUT2D eigenvalue weighted by atomic mass is 35.5. The van der Waals surface area contributed by atoms with Crippen LogP contribution >= 0.6 is 35.6 Å². The Kier molecular flexibility index (Phi) is 7.10. The fraction of sp³-hybridized carbons (Fsp3) is 0.188. The molecule has 2 N–H and O–H groups in total. The van der Waals surface area contributed by atoms with Gasteiger partial charge in [0.2, 0.25) is 0 Å². The lowest BCUT2D eigenvalue weighted by atomic mass is 10.2.